The van der Waals surface area contributed by atoms with E-state index in [0.29, 0.717) is 12.0 Å². The Labute approximate surface area is 112 Å². The topological polar surface area (TPSA) is 48.1 Å². The van der Waals surface area contributed by atoms with Crippen LogP contribution in [0.5, 0.6) is 5.75 Å². The third kappa shape index (κ3) is 3.51. The summed E-state index contributed by atoms with van der Waals surface area (Å²) in [6, 6.07) is 9.13. The fourth-order valence-electron chi connectivity index (χ4n) is 1.96. The molecule has 2 aromatic rings. The number of halogens is 1. The highest BCUT2D eigenvalue weighted by atomic mass is 19.1. The van der Waals surface area contributed by atoms with Crippen molar-refractivity contribution >= 4 is 0 Å². The largest absolute Gasteiger partial charge is 0.497 e. The van der Waals surface area contributed by atoms with Crippen molar-refractivity contribution in [2.45, 2.75) is 18.9 Å². The molecule has 1 aromatic heterocycles. The van der Waals surface area contributed by atoms with Gasteiger partial charge in [-0.3, -0.25) is 4.98 Å². The van der Waals surface area contributed by atoms with Gasteiger partial charge in [-0.1, -0.05) is 12.1 Å². The van der Waals surface area contributed by atoms with Crippen LogP contribution in [0.25, 0.3) is 0 Å². The first-order valence-corrected chi connectivity index (χ1v) is 6.18. The van der Waals surface area contributed by atoms with Crippen LogP contribution in [0.4, 0.5) is 4.39 Å². The van der Waals surface area contributed by atoms with Gasteiger partial charge in [0, 0.05) is 17.8 Å². The minimum absolute atomic E-state index is 0.315. The van der Waals surface area contributed by atoms with Crippen molar-refractivity contribution in [2.75, 3.05) is 7.11 Å². The number of nitrogens with two attached hydrogens (primary N) is 1. The Morgan fingerprint density at radius 3 is 2.63 bits per heavy atom. The van der Waals surface area contributed by atoms with Crippen LogP contribution in [-0.2, 0) is 6.42 Å². The molecule has 0 aliphatic carbocycles. The van der Waals surface area contributed by atoms with Gasteiger partial charge in [0.15, 0.2) is 0 Å². The summed E-state index contributed by atoms with van der Waals surface area (Å²) < 4.78 is 18.6. The predicted octanol–water partition coefficient (Wildman–Crippen LogP) is 2.86. The second-order valence-corrected chi connectivity index (χ2v) is 4.39. The molecule has 0 radical (unpaired) electrons. The van der Waals surface area contributed by atoms with Crippen molar-refractivity contribution in [2.24, 2.45) is 5.73 Å². The number of nitrogens with zero attached hydrogens (tertiary/aromatic N) is 1. The van der Waals surface area contributed by atoms with E-state index in [1.165, 1.54) is 6.20 Å². The lowest BCUT2D eigenvalue weighted by molar-refractivity contribution is 0.414. The van der Waals surface area contributed by atoms with Crippen LogP contribution in [0, 0.1) is 5.82 Å². The van der Waals surface area contributed by atoms with Gasteiger partial charge in [-0.05, 0) is 36.6 Å². The monoisotopic (exact) mass is 260 g/mol. The standard InChI is InChI=1S/C15H17FN2O/c1-19-12-5-2-11(3-6-12)4-7-15(17)13-8-9-18-10-14(13)16/h2-3,5-6,8-10,15H,4,7,17H2,1H3. The van der Waals surface area contributed by atoms with Gasteiger partial charge in [0.25, 0.3) is 0 Å². The summed E-state index contributed by atoms with van der Waals surface area (Å²) in [4.78, 5) is 3.72. The smallest absolute Gasteiger partial charge is 0.146 e. The van der Waals surface area contributed by atoms with Crippen molar-refractivity contribution in [1.82, 2.24) is 4.98 Å². The van der Waals surface area contributed by atoms with Gasteiger partial charge < -0.3 is 10.5 Å². The van der Waals surface area contributed by atoms with E-state index in [4.69, 9.17) is 10.5 Å². The highest BCUT2D eigenvalue weighted by molar-refractivity contribution is 5.27. The zero-order chi connectivity index (χ0) is 13.7. The van der Waals surface area contributed by atoms with E-state index in [1.807, 2.05) is 24.3 Å². The number of pyridine rings is 1. The molecule has 100 valence electrons. The van der Waals surface area contributed by atoms with E-state index < -0.39 is 0 Å². The number of hydrogen-bond donors (Lipinski definition) is 1. The lowest BCUT2D eigenvalue weighted by Gasteiger charge is -2.12. The summed E-state index contributed by atoms with van der Waals surface area (Å²) in [7, 11) is 1.64. The van der Waals surface area contributed by atoms with Crippen LogP contribution < -0.4 is 10.5 Å². The molecule has 0 bridgehead atoms. The Morgan fingerprint density at radius 1 is 1.26 bits per heavy atom. The summed E-state index contributed by atoms with van der Waals surface area (Å²) in [5, 5.41) is 0. The maximum absolute atomic E-state index is 13.5. The van der Waals surface area contributed by atoms with Gasteiger partial charge in [-0.25, -0.2) is 4.39 Å². The molecule has 0 amide bonds. The van der Waals surface area contributed by atoms with Crippen molar-refractivity contribution < 1.29 is 9.13 Å². The molecule has 0 spiro atoms. The second-order valence-electron chi connectivity index (χ2n) is 4.39. The molecule has 0 saturated heterocycles. The molecule has 1 atom stereocenters. The molecule has 0 aliphatic rings. The molecule has 4 heteroatoms. The van der Waals surface area contributed by atoms with Crippen LogP contribution >= 0.6 is 0 Å². The maximum atomic E-state index is 13.5. The SMILES string of the molecule is COc1ccc(CCC(N)c2ccncc2F)cc1. The highest BCUT2D eigenvalue weighted by Crippen LogP contribution is 2.20. The Kier molecular flexibility index (Phi) is 4.47. The van der Waals surface area contributed by atoms with E-state index >= 15 is 0 Å². The summed E-state index contributed by atoms with van der Waals surface area (Å²) in [5.41, 5.74) is 7.68. The predicted molar refractivity (Wildman–Crippen MR) is 72.4 cm³/mol. The minimum atomic E-state index is -0.343. The lowest BCUT2D eigenvalue weighted by Crippen LogP contribution is -2.13. The van der Waals surface area contributed by atoms with E-state index in [1.54, 1.807) is 19.4 Å². The molecular weight excluding hydrogens is 243 g/mol. The maximum Gasteiger partial charge on any atom is 0.146 e. The van der Waals surface area contributed by atoms with Gasteiger partial charge in [0.2, 0.25) is 0 Å². The van der Waals surface area contributed by atoms with Gasteiger partial charge in [0.05, 0.1) is 13.3 Å². The number of ether oxygens (including phenoxy) is 1. The fraction of sp³-hybridized carbons (Fsp3) is 0.267. The zero-order valence-electron chi connectivity index (χ0n) is 10.8. The van der Waals surface area contributed by atoms with Crippen LogP contribution in [-0.4, -0.2) is 12.1 Å². The highest BCUT2D eigenvalue weighted by Gasteiger charge is 2.11. The van der Waals surface area contributed by atoms with Gasteiger partial charge in [-0.15, -0.1) is 0 Å². The average Bonchev–Trinajstić information content (AvgIpc) is 2.46. The van der Waals surface area contributed by atoms with Gasteiger partial charge in [-0.2, -0.15) is 0 Å². The molecule has 2 rings (SSSR count). The summed E-state index contributed by atoms with van der Waals surface area (Å²) in [6.07, 6.45) is 4.24. The van der Waals surface area contributed by atoms with E-state index in [-0.39, 0.29) is 11.9 Å². The Bertz CT molecular complexity index is 528. The number of methoxy groups -OCH3 is 1. The van der Waals surface area contributed by atoms with Crippen LogP contribution in [0.2, 0.25) is 0 Å². The van der Waals surface area contributed by atoms with Gasteiger partial charge >= 0.3 is 0 Å². The van der Waals surface area contributed by atoms with Crippen LogP contribution in [0.1, 0.15) is 23.6 Å². The molecule has 1 aromatic carbocycles. The summed E-state index contributed by atoms with van der Waals surface area (Å²) in [5.74, 6) is 0.484. The number of hydrogen-bond acceptors (Lipinski definition) is 3. The first-order chi connectivity index (χ1) is 9.20. The second kappa shape index (κ2) is 6.29. The van der Waals surface area contributed by atoms with E-state index in [2.05, 4.69) is 4.98 Å². The van der Waals surface area contributed by atoms with Gasteiger partial charge in [0.1, 0.15) is 11.6 Å². The molecule has 0 aliphatic heterocycles. The third-order valence-corrected chi connectivity index (χ3v) is 3.11. The molecule has 1 heterocycles. The van der Waals surface area contributed by atoms with Crippen LogP contribution in [0.15, 0.2) is 42.7 Å². The molecule has 19 heavy (non-hydrogen) atoms. The summed E-state index contributed by atoms with van der Waals surface area (Å²) in [6.45, 7) is 0. The van der Waals surface area contributed by atoms with Crippen molar-refractivity contribution in [3.05, 3.63) is 59.7 Å². The third-order valence-electron chi connectivity index (χ3n) is 3.11. The van der Waals surface area contributed by atoms with Crippen molar-refractivity contribution in [1.29, 1.82) is 0 Å². The molecule has 1 unspecified atom stereocenters. The molecule has 0 saturated carbocycles. The normalized spacial score (nSPS) is 12.2. The Balaban J connectivity index is 1.96. The number of aryl methyl sites for hydroxylation is 1. The first kappa shape index (κ1) is 13.5. The fourth-order valence-corrected chi connectivity index (χ4v) is 1.96. The minimum Gasteiger partial charge on any atom is -0.497 e. The molecular formula is C15H17FN2O. The molecule has 2 N–H and O–H groups in total. The quantitative estimate of drug-likeness (QED) is 0.899. The number of aromatic nitrogens is 1. The zero-order valence-corrected chi connectivity index (χ0v) is 10.8. The number of rotatable bonds is 5. The van der Waals surface area contributed by atoms with Crippen molar-refractivity contribution in [3.8, 4) is 5.75 Å². The van der Waals surface area contributed by atoms with E-state index in [9.17, 15) is 4.39 Å². The van der Waals surface area contributed by atoms with Crippen LogP contribution in [0.3, 0.4) is 0 Å². The Morgan fingerprint density at radius 2 is 2.00 bits per heavy atom. The average molecular weight is 260 g/mol. The molecule has 0 fully saturated rings. The number of benzene rings is 1. The van der Waals surface area contributed by atoms with E-state index in [0.717, 1.165) is 17.7 Å². The molecule has 3 nitrogen and oxygen atoms in total. The Hall–Kier alpha value is -1.94. The van der Waals surface area contributed by atoms with Crippen molar-refractivity contribution in [3.63, 3.8) is 0 Å². The lowest BCUT2D eigenvalue weighted by atomic mass is 10.0. The summed E-state index contributed by atoms with van der Waals surface area (Å²) >= 11 is 0. The first-order valence-electron chi connectivity index (χ1n) is 6.18.